The number of ether oxygens (including phenoxy) is 1. The Bertz CT molecular complexity index is 245. The van der Waals surface area contributed by atoms with Crippen molar-refractivity contribution < 1.29 is 4.74 Å². The van der Waals surface area contributed by atoms with Crippen molar-refractivity contribution in [3.8, 4) is 0 Å². The largest absolute Gasteiger partial charge is 0.466 e. The smallest absolute Gasteiger partial charge is 0.124 e. The number of nitrogens with zero attached hydrogens (tertiary/aromatic N) is 1. The standard InChI is InChI=1S/C15H26NO/c1-3-4-5-6-7-8-9-10-14(2)15-13-16-11-12-17-15/h11-14H,3-10H2,1-2H3. The fraction of sp³-hybridized carbons (Fsp3) is 0.733. The molecule has 0 saturated carbocycles. The van der Waals surface area contributed by atoms with E-state index in [1.54, 1.807) is 12.5 Å². The van der Waals surface area contributed by atoms with E-state index in [9.17, 15) is 0 Å². The predicted octanol–water partition coefficient (Wildman–Crippen LogP) is 4.71. The maximum absolute atomic E-state index is 5.44. The van der Waals surface area contributed by atoms with Crippen molar-refractivity contribution >= 4 is 0 Å². The van der Waals surface area contributed by atoms with Crippen LogP contribution in [0.4, 0.5) is 0 Å². The average Bonchev–Trinajstić information content (AvgIpc) is 2.38. The fourth-order valence-corrected chi connectivity index (χ4v) is 2.08. The molecule has 1 aliphatic heterocycles. The summed E-state index contributed by atoms with van der Waals surface area (Å²) in [6.07, 6.45) is 16.0. The van der Waals surface area contributed by atoms with Crippen LogP contribution in [0.15, 0.2) is 24.4 Å². The third-order valence-corrected chi connectivity index (χ3v) is 3.28. The molecule has 2 nitrogen and oxygen atoms in total. The lowest BCUT2D eigenvalue weighted by molar-refractivity contribution is 0.275. The molecule has 1 radical (unpaired) electrons. The molecule has 0 bridgehead atoms. The van der Waals surface area contributed by atoms with Gasteiger partial charge in [-0.15, -0.1) is 0 Å². The van der Waals surface area contributed by atoms with Crippen molar-refractivity contribution in [3.63, 3.8) is 0 Å². The van der Waals surface area contributed by atoms with Gasteiger partial charge in [-0.05, 0) is 6.42 Å². The molecule has 1 aliphatic rings. The van der Waals surface area contributed by atoms with E-state index in [-0.39, 0.29) is 0 Å². The molecule has 0 N–H and O–H groups in total. The highest BCUT2D eigenvalue weighted by atomic mass is 16.5. The number of allylic oxidation sites excluding steroid dienone is 1. The second-order valence-corrected chi connectivity index (χ2v) is 4.89. The van der Waals surface area contributed by atoms with E-state index in [2.05, 4.69) is 19.2 Å². The van der Waals surface area contributed by atoms with E-state index in [0.717, 1.165) is 5.76 Å². The van der Waals surface area contributed by atoms with E-state index in [4.69, 9.17) is 4.74 Å². The molecule has 17 heavy (non-hydrogen) atoms. The summed E-state index contributed by atoms with van der Waals surface area (Å²) >= 11 is 0. The minimum absolute atomic E-state index is 0.499. The molecule has 1 rings (SSSR count). The van der Waals surface area contributed by atoms with Gasteiger partial charge in [0, 0.05) is 5.92 Å². The Morgan fingerprint density at radius 2 is 1.82 bits per heavy atom. The summed E-state index contributed by atoms with van der Waals surface area (Å²) in [5.41, 5.74) is 0. The first-order chi connectivity index (χ1) is 8.34. The minimum atomic E-state index is 0.499. The Labute approximate surface area is 106 Å². The molecule has 0 aromatic carbocycles. The summed E-state index contributed by atoms with van der Waals surface area (Å²) in [5, 5.41) is 4.09. The highest BCUT2D eigenvalue weighted by Crippen LogP contribution is 2.21. The van der Waals surface area contributed by atoms with Gasteiger partial charge in [-0.1, -0.05) is 58.8 Å². The van der Waals surface area contributed by atoms with Crippen LogP contribution >= 0.6 is 0 Å². The van der Waals surface area contributed by atoms with Crippen molar-refractivity contribution in [1.82, 2.24) is 5.32 Å². The molecule has 0 fully saturated rings. The van der Waals surface area contributed by atoms with Crippen molar-refractivity contribution in [1.29, 1.82) is 0 Å². The maximum atomic E-state index is 5.44. The van der Waals surface area contributed by atoms with Crippen LogP contribution in [-0.4, -0.2) is 0 Å². The summed E-state index contributed by atoms with van der Waals surface area (Å²) in [7, 11) is 0. The average molecular weight is 236 g/mol. The Balaban J connectivity index is 1.97. The molecule has 0 aromatic heterocycles. The molecular weight excluding hydrogens is 210 g/mol. The number of hydrogen-bond acceptors (Lipinski definition) is 1. The summed E-state index contributed by atoms with van der Waals surface area (Å²) in [4.78, 5) is 0. The summed E-state index contributed by atoms with van der Waals surface area (Å²) in [6, 6.07) is 0. The number of unbranched alkanes of at least 4 members (excludes halogenated alkanes) is 6. The second-order valence-electron chi connectivity index (χ2n) is 4.89. The Morgan fingerprint density at radius 3 is 2.47 bits per heavy atom. The zero-order valence-electron chi connectivity index (χ0n) is 11.3. The van der Waals surface area contributed by atoms with Gasteiger partial charge in [0.1, 0.15) is 12.0 Å². The topological polar surface area (TPSA) is 23.3 Å². The van der Waals surface area contributed by atoms with Gasteiger partial charge in [-0.25, -0.2) is 0 Å². The monoisotopic (exact) mass is 236 g/mol. The fourth-order valence-electron chi connectivity index (χ4n) is 2.08. The van der Waals surface area contributed by atoms with Crippen LogP contribution < -0.4 is 5.32 Å². The molecule has 0 saturated heterocycles. The first kappa shape index (κ1) is 14.1. The number of rotatable bonds is 9. The zero-order chi connectivity index (χ0) is 12.3. The van der Waals surface area contributed by atoms with Crippen molar-refractivity contribution in [3.05, 3.63) is 24.4 Å². The lowest BCUT2D eigenvalue weighted by atomic mass is 10.00. The van der Waals surface area contributed by atoms with Crippen molar-refractivity contribution in [2.45, 2.75) is 65.2 Å². The molecule has 0 aromatic rings. The van der Waals surface area contributed by atoms with Gasteiger partial charge in [0.2, 0.25) is 0 Å². The maximum Gasteiger partial charge on any atom is 0.124 e. The van der Waals surface area contributed by atoms with Crippen LogP contribution in [0, 0.1) is 5.92 Å². The molecule has 97 valence electrons. The van der Waals surface area contributed by atoms with E-state index >= 15 is 0 Å². The molecule has 2 heteroatoms. The van der Waals surface area contributed by atoms with Gasteiger partial charge < -0.3 is 4.74 Å². The van der Waals surface area contributed by atoms with Gasteiger partial charge in [0.25, 0.3) is 0 Å². The molecule has 1 heterocycles. The summed E-state index contributed by atoms with van der Waals surface area (Å²) in [5.74, 6) is 1.51. The summed E-state index contributed by atoms with van der Waals surface area (Å²) < 4.78 is 5.44. The van der Waals surface area contributed by atoms with Gasteiger partial charge in [0.15, 0.2) is 0 Å². The first-order valence-electron chi connectivity index (χ1n) is 7.06. The quantitative estimate of drug-likeness (QED) is 0.532. The highest BCUT2D eigenvalue weighted by molar-refractivity contribution is 5.03. The zero-order valence-corrected chi connectivity index (χ0v) is 11.3. The van der Waals surface area contributed by atoms with Gasteiger partial charge in [0.05, 0.1) is 12.4 Å². The molecule has 0 amide bonds. The van der Waals surface area contributed by atoms with Crippen LogP contribution in [0.5, 0.6) is 0 Å². The Hall–Kier alpha value is -0.920. The molecule has 1 atom stereocenters. The van der Waals surface area contributed by atoms with E-state index in [0.29, 0.717) is 5.92 Å². The predicted molar refractivity (Wildman–Crippen MR) is 72.2 cm³/mol. The van der Waals surface area contributed by atoms with Crippen LogP contribution in [0.25, 0.3) is 0 Å². The third kappa shape index (κ3) is 6.40. The van der Waals surface area contributed by atoms with E-state index in [1.165, 1.54) is 51.4 Å². The molecule has 0 spiro atoms. The van der Waals surface area contributed by atoms with Crippen LogP contribution in [0.3, 0.4) is 0 Å². The third-order valence-electron chi connectivity index (χ3n) is 3.28. The van der Waals surface area contributed by atoms with Crippen LogP contribution in [0.2, 0.25) is 0 Å². The number of hydrogen-bond donors (Lipinski definition) is 0. The molecular formula is C15H26NO. The normalized spacial score (nSPS) is 16.0. The SMILES string of the molecule is CCCCCCCCCC(C)C1=C[N]C=CO1. The van der Waals surface area contributed by atoms with Gasteiger partial charge in [-0.3, -0.25) is 5.32 Å². The van der Waals surface area contributed by atoms with Gasteiger partial charge in [-0.2, -0.15) is 0 Å². The van der Waals surface area contributed by atoms with Gasteiger partial charge >= 0.3 is 0 Å². The molecule has 0 aliphatic carbocycles. The lowest BCUT2D eigenvalue weighted by Crippen LogP contribution is -2.06. The highest BCUT2D eigenvalue weighted by Gasteiger charge is 2.11. The first-order valence-corrected chi connectivity index (χ1v) is 7.06. The minimum Gasteiger partial charge on any atom is -0.466 e. The van der Waals surface area contributed by atoms with Crippen molar-refractivity contribution in [2.75, 3.05) is 0 Å². The lowest BCUT2D eigenvalue weighted by Gasteiger charge is -2.16. The Morgan fingerprint density at radius 1 is 1.12 bits per heavy atom. The Kier molecular flexibility index (Phi) is 7.61. The van der Waals surface area contributed by atoms with E-state index < -0.39 is 0 Å². The second kappa shape index (κ2) is 9.15. The summed E-state index contributed by atoms with van der Waals surface area (Å²) in [6.45, 7) is 4.48. The van der Waals surface area contributed by atoms with Crippen LogP contribution in [0.1, 0.15) is 65.2 Å². The molecule has 1 unspecified atom stereocenters. The van der Waals surface area contributed by atoms with Crippen LogP contribution in [-0.2, 0) is 4.74 Å². The van der Waals surface area contributed by atoms with Crippen molar-refractivity contribution in [2.24, 2.45) is 5.92 Å². The van der Waals surface area contributed by atoms with E-state index in [1.807, 2.05) is 6.20 Å².